The second-order valence-electron chi connectivity index (χ2n) is 11.3. The maximum Gasteiger partial charge on any atom is 0.251 e. The van der Waals surface area contributed by atoms with E-state index in [1.54, 1.807) is 10.7 Å². The third-order valence-electron chi connectivity index (χ3n) is 8.48. The van der Waals surface area contributed by atoms with Gasteiger partial charge < -0.3 is 14.9 Å². The van der Waals surface area contributed by atoms with Crippen LogP contribution >= 0.6 is 0 Å². The molecule has 12 heteroatoms. The molecular weight excluding hydrogens is 538 g/mol. The van der Waals surface area contributed by atoms with Gasteiger partial charge in [0.25, 0.3) is 5.92 Å². The van der Waals surface area contributed by atoms with E-state index in [1.807, 2.05) is 47.5 Å². The Morgan fingerprint density at radius 3 is 2.30 bits per heavy atom. The first-order valence-electron chi connectivity index (χ1n) is 13.8. The van der Waals surface area contributed by atoms with Crippen molar-refractivity contribution in [3.63, 3.8) is 0 Å². The molecule has 3 heterocycles. The zero-order valence-corrected chi connectivity index (χ0v) is 23.1. The van der Waals surface area contributed by atoms with Crippen molar-refractivity contribution in [2.75, 3.05) is 53.1 Å². The Labute approximate surface area is 232 Å². The molecule has 2 N–H and O–H groups in total. The first-order chi connectivity index (χ1) is 19.1. The van der Waals surface area contributed by atoms with E-state index in [0.29, 0.717) is 29.9 Å². The Bertz CT molecular complexity index is 1470. The van der Waals surface area contributed by atoms with E-state index < -0.39 is 22.6 Å². The predicted molar refractivity (Wildman–Crippen MR) is 151 cm³/mol. The number of piperidine rings is 2. The van der Waals surface area contributed by atoms with Gasteiger partial charge in [0.15, 0.2) is 0 Å². The molecule has 0 amide bonds. The van der Waals surface area contributed by atoms with Crippen molar-refractivity contribution < 1.29 is 22.3 Å². The molecule has 6 rings (SSSR count). The van der Waals surface area contributed by atoms with Gasteiger partial charge in [-0.1, -0.05) is 11.3 Å². The van der Waals surface area contributed by atoms with E-state index in [2.05, 4.69) is 19.9 Å². The second-order valence-corrected chi connectivity index (χ2v) is 13.1. The summed E-state index contributed by atoms with van der Waals surface area (Å²) in [5.41, 5.74) is 4.94. The van der Waals surface area contributed by atoms with Gasteiger partial charge in [-0.05, 0) is 67.5 Å². The number of aliphatic hydroxyl groups is 1. The number of aromatic nitrogens is 3. The van der Waals surface area contributed by atoms with Crippen molar-refractivity contribution >= 4 is 27.1 Å². The summed E-state index contributed by atoms with van der Waals surface area (Å²) in [7, 11) is -3.67. The van der Waals surface area contributed by atoms with E-state index in [0.717, 1.165) is 48.6 Å². The normalized spacial score (nSPS) is 20.1. The summed E-state index contributed by atoms with van der Waals surface area (Å²) < 4.78 is 56.2. The molecule has 0 bridgehead atoms. The molecule has 0 radical (unpaired) electrons. The van der Waals surface area contributed by atoms with E-state index >= 15 is 0 Å². The van der Waals surface area contributed by atoms with Crippen molar-refractivity contribution in [3.8, 4) is 16.9 Å². The van der Waals surface area contributed by atoms with E-state index in [1.165, 1.54) is 12.8 Å². The van der Waals surface area contributed by atoms with Crippen LogP contribution in [0.25, 0.3) is 16.9 Å². The van der Waals surface area contributed by atoms with Crippen LogP contribution in [0, 0.1) is 5.41 Å². The summed E-state index contributed by atoms with van der Waals surface area (Å²) in [6.45, 7) is 1.90. The van der Waals surface area contributed by atoms with Crippen molar-refractivity contribution in [1.29, 1.82) is 0 Å². The van der Waals surface area contributed by atoms with Gasteiger partial charge in [-0.15, -0.1) is 5.10 Å². The smallest absolute Gasteiger partial charge is 0.251 e. The summed E-state index contributed by atoms with van der Waals surface area (Å²) >= 11 is 0. The van der Waals surface area contributed by atoms with Gasteiger partial charge in [0.1, 0.15) is 5.69 Å². The van der Waals surface area contributed by atoms with Crippen LogP contribution in [0.4, 0.5) is 25.8 Å². The van der Waals surface area contributed by atoms with Crippen molar-refractivity contribution in [2.45, 2.75) is 44.4 Å². The van der Waals surface area contributed by atoms with Crippen molar-refractivity contribution in [1.82, 2.24) is 15.0 Å². The highest BCUT2D eigenvalue weighted by molar-refractivity contribution is 7.92. The summed E-state index contributed by atoms with van der Waals surface area (Å²) in [5, 5.41) is 17.9. The van der Waals surface area contributed by atoms with Crippen LogP contribution in [-0.2, 0) is 10.0 Å². The van der Waals surface area contributed by atoms with Gasteiger partial charge in [-0.25, -0.2) is 21.9 Å². The fourth-order valence-electron chi connectivity index (χ4n) is 5.76. The van der Waals surface area contributed by atoms with Gasteiger partial charge in [-0.3, -0.25) is 4.72 Å². The molecule has 1 saturated carbocycles. The minimum absolute atomic E-state index is 0.156. The molecule has 9 nitrogen and oxygen atoms in total. The van der Waals surface area contributed by atoms with Crippen molar-refractivity contribution in [2.24, 2.45) is 5.41 Å². The maximum atomic E-state index is 13.7. The number of benzene rings is 2. The Hall–Kier alpha value is -3.25. The topological polar surface area (TPSA) is 104 Å². The summed E-state index contributed by atoms with van der Waals surface area (Å²) in [4.78, 5) is 4.25. The minimum Gasteiger partial charge on any atom is -0.395 e. The molecule has 1 aromatic heterocycles. The summed E-state index contributed by atoms with van der Waals surface area (Å²) in [6, 6.07) is 13.0. The summed E-state index contributed by atoms with van der Waals surface area (Å²) in [6.07, 6.45) is 6.30. The molecule has 3 aliphatic rings. The maximum absolute atomic E-state index is 13.7. The second kappa shape index (κ2) is 10.3. The average Bonchev–Trinajstić information content (AvgIpc) is 3.49. The fourth-order valence-corrected chi connectivity index (χ4v) is 6.59. The average molecular weight is 573 g/mol. The molecule has 3 fully saturated rings. The Morgan fingerprint density at radius 1 is 0.900 bits per heavy atom. The van der Waals surface area contributed by atoms with Gasteiger partial charge in [0.05, 0.1) is 29.9 Å². The lowest BCUT2D eigenvalue weighted by molar-refractivity contribution is -0.0220. The number of nitrogens with zero attached hydrogens (tertiary/aromatic N) is 5. The molecule has 1 spiro atoms. The number of hydrogen-bond donors (Lipinski definition) is 2. The largest absolute Gasteiger partial charge is 0.395 e. The highest BCUT2D eigenvalue weighted by atomic mass is 32.2. The van der Waals surface area contributed by atoms with E-state index in [9.17, 15) is 17.2 Å². The van der Waals surface area contributed by atoms with Crippen LogP contribution in [0.15, 0.2) is 48.7 Å². The number of aliphatic hydroxyl groups excluding tert-OH is 1. The molecule has 214 valence electrons. The summed E-state index contributed by atoms with van der Waals surface area (Å²) in [5.74, 6) is -2.97. The van der Waals surface area contributed by atoms with E-state index in [4.69, 9.17) is 5.11 Å². The number of alkyl halides is 2. The predicted octanol–water partition coefficient (Wildman–Crippen LogP) is 4.28. The van der Waals surface area contributed by atoms with Gasteiger partial charge in [0, 0.05) is 56.0 Å². The molecule has 0 atom stereocenters. The molecule has 1 aliphatic carbocycles. The highest BCUT2D eigenvalue weighted by Crippen LogP contribution is 2.54. The Kier molecular flexibility index (Phi) is 6.94. The van der Waals surface area contributed by atoms with Crippen molar-refractivity contribution in [3.05, 3.63) is 48.7 Å². The number of hydrogen-bond acceptors (Lipinski definition) is 7. The van der Waals surface area contributed by atoms with Gasteiger partial charge in [0.2, 0.25) is 10.0 Å². The zero-order chi connectivity index (χ0) is 28.0. The van der Waals surface area contributed by atoms with E-state index in [-0.39, 0.29) is 18.6 Å². The molecule has 2 saturated heterocycles. The number of anilines is 3. The third-order valence-corrected chi connectivity index (χ3v) is 9.74. The first-order valence-corrected chi connectivity index (χ1v) is 15.5. The Morgan fingerprint density at radius 2 is 1.60 bits per heavy atom. The lowest BCUT2D eigenvalue weighted by Gasteiger charge is -2.35. The lowest BCUT2D eigenvalue weighted by Crippen LogP contribution is -2.39. The monoisotopic (exact) mass is 572 g/mol. The van der Waals surface area contributed by atoms with Crippen LogP contribution < -0.4 is 14.5 Å². The molecular formula is C28H34F2N6O3S. The molecule has 2 aliphatic heterocycles. The van der Waals surface area contributed by atoms with Crippen LogP contribution in [0.5, 0.6) is 0 Å². The number of rotatable bonds is 8. The minimum atomic E-state index is -3.67. The van der Waals surface area contributed by atoms with Crippen LogP contribution in [0.2, 0.25) is 0 Å². The SMILES string of the molecule is O=S(=O)(CCO)Nc1ccc(-c2cn(-c3cccc(N4CCC(F)(F)CC4)c3)nn2)c(N2CCC3(CC2)CC3)c1. The van der Waals surface area contributed by atoms with Gasteiger partial charge >= 0.3 is 0 Å². The first kappa shape index (κ1) is 26.9. The third kappa shape index (κ3) is 5.78. The fraction of sp³-hybridized carbons (Fsp3) is 0.500. The quantitative estimate of drug-likeness (QED) is 0.415. The number of sulfonamides is 1. The molecule has 0 unspecified atom stereocenters. The zero-order valence-electron chi connectivity index (χ0n) is 22.3. The molecule has 2 aromatic carbocycles. The Balaban J connectivity index is 1.28. The highest BCUT2D eigenvalue weighted by Gasteiger charge is 2.44. The lowest BCUT2D eigenvalue weighted by atomic mass is 9.93. The molecule has 40 heavy (non-hydrogen) atoms. The molecule has 3 aromatic rings. The van der Waals surface area contributed by atoms with Crippen LogP contribution in [-0.4, -0.2) is 73.0 Å². The number of nitrogens with one attached hydrogen (secondary N) is 1. The van der Waals surface area contributed by atoms with Crippen LogP contribution in [0.1, 0.15) is 38.5 Å². The number of halogens is 2. The van der Waals surface area contributed by atoms with Crippen LogP contribution in [0.3, 0.4) is 0 Å². The van der Waals surface area contributed by atoms with Gasteiger partial charge in [-0.2, -0.15) is 0 Å². The standard InChI is InChI=1S/C28H34F2N6O3S/c29-28(30)10-14-34(15-11-28)22-2-1-3-23(19-22)36-20-25(31-33-36)24-5-4-21(32-40(38,39)17-16-37)18-26(24)35-12-8-27(6-7-27)9-13-35/h1-5,18-20,32,37H,6-17H2.